The first kappa shape index (κ1) is 33.9. The maximum Gasteiger partial charge on any atom is 0.252 e. The van der Waals surface area contributed by atoms with Crippen molar-refractivity contribution in [3.8, 4) is 0 Å². The van der Waals surface area contributed by atoms with Crippen LogP contribution in [0, 0.1) is 0 Å². The van der Waals surface area contributed by atoms with Crippen molar-refractivity contribution in [2.45, 2.75) is 117 Å². The summed E-state index contributed by atoms with van der Waals surface area (Å²) in [5.74, 6) is 0.641. The first-order chi connectivity index (χ1) is 24.2. The van der Waals surface area contributed by atoms with Crippen LogP contribution >= 0.6 is 0 Å². The van der Waals surface area contributed by atoms with Gasteiger partial charge in [0.25, 0.3) is 6.71 Å². The minimum Gasteiger partial charge on any atom is -0.311 e. The Kier molecular flexibility index (Phi) is 8.09. The molecule has 3 aliphatic rings. The summed E-state index contributed by atoms with van der Waals surface area (Å²) in [5, 5.41) is 0. The van der Waals surface area contributed by atoms with Crippen LogP contribution in [0.15, 0.2) is 103 Å². The molecule has 1 fully saturated rings. The number of hydrogen-bond acceptors (Lipinski definition) is 2. The van der Waals surface area contributed by atoms with Crippen molar-refractivity contribution in [3.05, 3.63) is 125 Å². The first-order valence-corrected chi connectivity index (χ1v) is 19.4. The van der Waals surface area contributed by atoms with E-state index in [1.165, 1.54) is 105 Å². The van der Waals surface area contributed by atoms with Gasteiger partial charge in [0.2, 0.25) is 0 Å². The highest BCUT2D eigenvalue weighted by atomic mass is 15.2. The van der Waals surface area contributed by atoms with E-state index < -0.39 is 0 Å². The zero-order valence-electron chi connectivity index (χ0n) is 32.4. The van der Waals surface area contributed by atoms with E-state index in [0.29, 0.717) is 5.92 Å². The quantitative estimate of drug-likeness (QED) is 0.173. The Bertz CT molecular complexity index is 2070. The second-order valence-electron chi connectivity index (χ2n) is 18.6. The highest BCUT2D eigenvalue weighted by molar-refractivity contribution is 7.00. The van der Waals surface area contributed by atoms with E-state index in [9.17, 15) is 0 Å². The van der Waals surface area contributed by atoms with Crippen molar-refractivity contribution in [1.82, 2.24) is 0 Å². The van der Waals surface area contributed by atoms with Crippen LogP contribution in [-0.2, 0) is 16.2 Å². The van der Waals surface area contributed by atoms with Crippen LogP contribution in [-0.4, -0.2) is 6.71 Å². The summed E-state index contributed by atoms with van der Waals surface area (Å²) >= 11 is 0. The molecule has 0 spiro atoms. The molecule has 2 nitrogen and oxygen atoms in total. The van der Waals surface area contributed by atoms with Crippen LogP contribution in [0.5, 0.6) is 0 Å². The fraction of sp³-hybridized carbons (Fsp3) is 0.375. The highest BCUT2D eigenvalue weighted by Crippen LogP contribution is 2.45. The molecule has 5 aromatic rings. The molecule has 0 saturated heterocycles. The zero-order chi connectivity index (χ0) is 35.9. The molecule has 0 aromatic heterocycles. The Morgan fingerprint density at radius 3 is 1.41 bits per heavy atom. The van der Waals surface area contributed by atoms with E-state index in [-0.39, 0.29) is 23.0 Å². The monoisotopic (exact) mass is 670 g/mol. The molecule has 0 N–H and O–H groups in total. The SMILES string of the molecule is CC(C)(C)c1ccc(N2c3ccc(C4CCCCC4)cc3B3c4cc(C(C)(C)C)ccc4N(c4ccc(C(C)(C)C)cc4)c4cccc2c43)cc1. The Labute approximate surface area is 308 Å². The molecule has 260 valence electrons. The Morgan fingerprint density at radius 1 is 0.471 bits per heavy atom. The van der Waals surface area contributed by atoms with Gasteiger partial charge in [0, 0.05) is 34.1 Å². The second kappa shape index (κ2) is 12.2. The average molecular weight is 671 g/mol. The minimum atomic E-state index is 0.0380. The topological polar surface area (TPSA) is 6.48 Å². The number of hydrogen-bond donors (Lipinski definition) is 0. The van der Waals surface area contributed by atoms with Gasteiger partial charge >= 0.3 is 0 Å². The van der Waals surface area contributed by atoms with Gasteiger partial charge in [-0.25, -0.2) is 0 Å². The van der Waals surface area contributed by atoms with Gasteiger partial charge in [-0.2, -0.15) is 0 Å². The molecule has 0 bridgehead atoms. The number of nitrogens with zero attached hydrogens (tertiary/aromatic N) is 2. The van der Waals surface area contributed by atoms with Crippen molar-refractivity contribution in [2.75, 3.05) is 9.80 Å². The summed E-state index contributed by atoms with van der Waals surface area (Å²) in [4.78, 5) is 5.10. The maximum absolute atomic E-state index is 2.62. The van der Waals surface area contributed by atoms with Gasteiger partial charge in [0.05, 0.1) is 0 Å². The predicted octanol–water partition coefficient (Wildman–Crippen LogP) is 11.7. The molecule has 2 heterocycles. The highest BCUT2D eigenvalue weighted by Gasteiger charge is 2.44. The lowest BCUT2D eigenvalue weighted by atomic mass is 9.33. The Morgan fingerprint density at radius 2 is 0.922 bits per heavy atom. The summed E-state index contributed by atoms with van der Waals surface area (Å²) in [6.45, 7) is 21.0. The standard InChI is InChI=1S/C48H55BN2/c1-46(2,3)34-19-24-37(25-20-34)50-41-28-18-33(32-14-11-10-12-15-32)30-39(41)49-40-31-36(48(7,8)9)23-29-42(40)51(44-17-13-16-43(50)45(44)49)38-26-21-35(22-27-38)47(4,5)6/h13,16-32H,10-12,14-15H2,1-9H3. The Hall–Kier alpha value is -4.24. The van der Waals surface area contributed by atoms with Gasteiger partial charge in [0.1, 0.15) is 0 Å². The number of benzene rings is 5. The fourth-order valence-corrected chi connectivity index (χ4v) is 8.90. The summed E-state index contributed by atoms with van der Waals surface area (Å²) in [7, 11) is 0. The van der Waals surface area contributed by atoms with E-state index in [2.05, 4.69) is 175 Å². The Balaban J connectivity index is 1.40. The molecule has 1 saturated carbocycles. The van der Waals surface area contributed by atoms with Crippen molar-refractivity contribution >= 4 is 57.2 Å². The van der Waals surface area contributed by atoms with Crippen LogP contribution in [0.1, 0.15) is 123 Å². The van der Waals surface area contributed by atoms with Crippen molar-refractivity contribution in [3.63, 3.8) is 0 Å². The van der Waals surface area contributed by atoms with Gasteiger partial charge in [-0.3, -0.25) is 0 Å². The van der Waals surface area contributed by atoms with Crippen molar-refractivity contribution in [2.24, 2.45) is 0 Å². The van der Waals surface area contributed by atoms with Gasteiger partial charge in [-0.1, -0.05) is 136 Å². The smallest absolute Gasteiger partial charge is 0.252 e. The van der Waals surface area contributed by atoms with Crippen molar-refractivity contribution in [1.29, 1.82) is 0 Å². The van der Waals surface area contributed by atoms with Crippen LogP contribution in [0.2, 0.25) is 0 Å². The third kappa shape index (κ3) is 5.91. The van der Waals surface area contributed by atoms with Gasteiger partial charge < -0.3 is 9.80 Å². The van der Waals surface area contributed by atoms with Crippen LogP contribution in [0.4, 0.5) is 34.1 Å². The minimum absolute atomic E-state index is 0.0380. The molecule has 0 unspecified atom stereocenters. The van der Waals surface area contributed by atoms with E-state index in [1.54, 1.807) is 0 Å². The van der Waals surface area contributed by atoms with E-state index in [4.69, 9.17) is 0 Å². The van der Waals surface area contributed by atoms with Crippen LogP contribution in [0.25, 0.3) is 0 Å². The molecule has 0 radical (unpaired) electrons. The molecular formula is C48H55BN2. The summed E-state index contributed by atoms with van der Waals surface area (Å²) in [6.07, 6.45) is 6.64. The largest absolute Gasteiger partial charge is 0.311 e. The molecule has 5 aromatic carbocycles. The number of fused-ring (bicyclic) bond motifs is 4. The lowest BCUT2D eigenvalue weighted by molar-refractivity contribution is 0.444. The maximum atomic E-state index is 2.62. The third-order valence-electron chi connectivity index (χ3n) is 11.9. The summed E-state index contributed by atoms with van der Waals surface area (Å²) < 4.78 is 0. The van der Waals surface area contributed by atoms with Gasteiger partial charge in [-0.05, 0) is 122 Å². The molecule has 0 amide bonds. The third-order valence-corrected chi connectivity index (χ3v) is 11.9. The number of anilines is 6. The van der Waals surface area contributed by atoms with Crippen molar-refractivity contribution < 1.29 is 0 Å². The fourth-order valence-electron chi connectivity index (χ4n) is 8.90. The molecule has 2 aliphatic heterocycles. The van der Waals surface area contributed by atoms with Crippen LogP contribution < -0.4 is 26.2 Å². The average Bonchev–Trinajstić information content (AvgIpc) is 3.10. The number of rotatable bonds is 3. The molecule has 8 rings (SSSR count). The summed E-state index contributed by atoms with van der Waals surface area (Å²) in [5.41, 5.74) is 17.7. The zero-order valence-corrected chi connectivity index (χ0v) is 32.4. The van der Waals surface area contributed by atoms with Crippen LogP contribution in [0.3, 0.4) is 0 Å². The molecule has 3 heteroatoms. The predicted molar refractivity (Wildman–Crippen MR) is 222 cm³/mol. The van der Waals surface area contributed by atoms with Gasteiger partial charge in [-0.15, -0.1) is 0 Å². The normalized spacial score (nSPS) is 16.1. The molecular weight excluding hydrogens is 615 g/mol. The van der Waals surface area contributed by atoms with E-state index in [0.717, 1.165) is 0 Å². The molecule has 0 atom stereocenters. The lowest BCUT2D eigenvalue weighted by Crippen LogP contribution is -2.61. The molecule has 1 aliphatic carbocycles. The van der Waals surface area contributed by atoms with Gasteiger partial charge in [0.15, 0.2) is 0 Å². The first-order valence-electron chi connectivity index (χ1n) is 19.4. The van der Waals surface area contributed by atoms with E-state index >= 15 is 0 Å². The summed E-state index contributed by atoms with van der Waals surface area (Å²) in [6, 6.07) is 40.5. The lowest BCUT2D eigenvalue weighted by Gasteiger charge is -2.44. The molecule has 51 heavy (non-hydrogen) atoms. The van der Waals surface area contributed by atoms with E-state index in [1.807, 2.05) is 0 Å². The second-order valence-corrected chi connectivity index (χ2v) is 18.6.